The highest BCUT2D eigenvalue weighted by Crippen LogP contribution is 2.31. The first-order valence-electron chi connectivity index (χ1n) is 10.9. The quantitative estimate of drug-likeness (QED) is 0.572. The molecule has 152 valence electrons. The summed E-state index contributed by atoms with van der Waals surface area (Å²) in [6.45, 7) is 4.40. The van der Waals surface area contributed by atoms with Crippen LogP contribution in [0.4, 0.5) is 0 Å². The number of hydrogen-bond donors (Lipinski definition) is 1. The van der Waals surface area contributed by atoms with Crippen LogP contribution in [0.3, 0.4) is 0 Å². The van der Waals surface area contributed by atoms with E-state index in [1.165, 1.54) is 51.4 Å². The summed E-state index contributed by atoms with van der Waals surface area (Å²) in [5.41, 5.74) is 0. The molecule has 1 aromatic rings. The number of ether oxygens (including phenoxy) is 1. The number of nitrogens with one attached hydrogen (secondary N) is 1. The number of carbonyl (C=O) groups excluding carboxylic acids is 1. The summed E-state index contributed by atoms with van der Waals surface area (Å²) in [7, 11) is 0. The highest BCUT2D eigenvalue weighted by Gasteiger charge is 2.25. The Morgan fingerprint density at radius 3 is 2.70 bits per heavy atom. The van der Waals surface area contributed by atoms with Gasteiger partial charge in [0.05, 0.1) is 19.1 Å². The van der Waals surface area contributed by atoms with Crippen LogP contribution in [0.5, 0.6) is 0 Å². The lowest BCUT2D eigenvalue weighted by Gasteiger charge is -2.22. The van der Waals surface area contributed by atoms with Crippen LogP contribution in [0.2, 0.25) is 0 Å². The predicted octanol–water partition coefficient (Wildman–Crippen LogP) is 4.50. The van der Waals surface area contributed by atoms with Gasteiger partial charge in [-0.05, 0) is 39.0 Å². The minimum atomic E-state index is -0.177. The van der Waals surface area contributed by atoms with Gasteiger partial charge in [-0.15, -0.1) is 0 Å². The molecule has 6 nitrogen and oxygen atoms in total. The normalized spacial score (nSPS) is 19.4. The zero-order chi connectivity index (χ0) is 19.1. The lowest BCUT2D eigenvalue weighted by atomic mass is 9.84. The standard InChI is InChI=1S/C21H35N3O3/c1-15(2)26-20(25)13-17(10-6-9-16-7-4-3-5-8-16)21-23-19(24-27-21)14-22-18-11-12-18/h15-18,22H,3-14H2,1-2H3. The largest absolute Gasteiger partial charge is 0.463 e. The summed E-state index contributed by atoms with van der Waals surface area (Å²) in [6, 6.07) is 0.610. The summed E-state index contributed by atoms with van der Waals surface area (Å²) < 4.78 is 10.9. The number of carbonyl (C=O) groups is 1. The monoisotopic (exact) mass is 377 g/mol. The smallest absolute Gasteiger partial charge is 0.306 e. The van der Waals surface area contributed by atoms with Crippen molar-refractivity contribution in [1.29, 1.82) is 0 Å². The van der Waals surface area contributed by atoms with Gasteiger partial charge >= 0.3 is 5.97 Å². The van der Waals surface area contributed by atoms with Crippen molar-refractivity contribution in [2.24, 2.45) is 5.92 Å². The van der Waals surface area contributed by atoms with Crippen LogP contribution >= 0.6 is 0 Å². The zero-order valence-electron chi connectivity index (χ0n) is 16.9. The van der Waals surface area contributed by atoms with E-state index >= 15 is 0 Å². The first kappa shape index (κ1) is 20.3. The molecule has 0 aromatic carbocycles. The van der Waals surface area contributed by atoms with E-state index in [1.54, 1.807) is 0 Å². The summed E-state index contributed by atoms with van der Waals surface area (Å²) in [6.07, 6.45) is 12.8. The van der Waals surface area contributed by atoms with E-state index in [-0.39, 0.29) is 18.0 Å². The van der Waals surface area contributed by atoms with Crippen molar-refractivity contribution < 1.29 is 14.1 Å². The summed E-state index contributed by atoms with van der Waals surface area (Å²) in [5.74, 6) is 1.91. The molecule has 0 bridgehead atoms. The SMILES string of the molecule is CC(C)OC(=O)CC(CCCC1CCCCC1)c1nc(CNC2CC2)no1. The average Bonchev–Trinajstić information content (AvgIpc) is 3.35. The Kier molecular flexibility index (Phi) is 7.68. The van der Waals surface area contributed by atoms with Gasteiger partial charge < -0.3 is 14.6 Å². The molecule has 0 aliphatic heterocycles. The van der Waals surface area contributed by atoms with Crippen molar-refractivity contribution in [3.8, 4) is 0 Å². The Balaban J connectivity index is 1.53. The van der Waals surface area contributed by atoms with Crippen molar-refractivity contribution >= 4 is 5.97 Å². The van der Waals surface area contributed by atoms with Gasteiger partial charge in [0.1, 0.15) is 0 Å². The first-order valence-corrected chi connectivity index (χ1v) is 10.9. The zero-order valence-corrected chi connectivity index (χ0v) is 16.9. The maximum Gasteiger partial charge on any atom is 0.306 e. The molecule has 0 radical (unpaired) electrons. The number of esters is 1. The van der Waals surface area contributed by atoms with E-state index in [1.807, 2.05) is 13.8 Å². The van der Waals surface area contributed by atoms with Gasteiger partial charge in [0, 0.05) is 12.0 Å². The summed E-state index contributed by atoms with van der Waals surface area (Å²) in [5, 5.41) is 7.50. The molecule has 1 heterocycles. The molecule has 2 aliphatic carbocycles. The second-order valence-corrected chi connectivity index (χ2v) is 8.58. The van der Waals surface area contributed by atoms with Crippen LogP contribution < -0.4 is 5.32 Å². The van der Waals surface area contributed by atoms with E-state index in [2.05, 4.69) is 15.5 Å². The molecule has 0 spiro atoms. The number of hydrogen-bond acceptors (Lipinski definition) is 6. The number of aromatic nitrogens is 2. The predicted molar refractivity (Wildman–Crippen MR) is 103 cm³/mol. The van der Waals surface area contributed by atoms with E-state index < -0.39 is 0 Å². The van der Waals surface area contributed by atoms with Crippen LogP contribution in [0.25, 0.3) is 0 Å². The minimum absolute atomic E-state index is 0.0398. The second kappa shape index (κ2) is 10.2. The lowest BCUT2D eigenvalue weighted by Crippen LogP contribution is -2.17. The van der Waals surface area contributed by atoms with Crippen LogP contribution in [0, 0.1) is 5.92 Å². The van der Waals surface area contributed by atoms with Gasteiger partial charge in [0.15, 0.2) is 5.82 Å². The van der Waals surface area contributed by atoms with E-state index in [4.69, 9.17) is 9.26 Å². The van der Waals surface area contributed by atoms with Crippen LogP contribution in [0.15, 0.2) is 4.52 Å². The molecule has 0 amide bonds. The molecule has 3 rings (SSSR count). The molecule has 1 atom stereocenters. The number of rotatable bonds is 11. The maximum absolute atomic E-state index is 12.2. The van der Waals surface area contributed by atoms with Gasteiger partial charge in [-0.1, -0.05) is 50.1 Å². The fraction of sp³-hybridized carbons (Fsp3) is 0.857. The fourth-order valence-corrected chi connectivity index (χ4v) is 3.98. The van der Waals surface area contributed by atoms with Gasteiger partial charge in [0.25, 0.3) is 0 Å². The van der Waals surface area contributed by atoms with Gasteiger partial charge in [0.2, 0.25) is 5.89 Å². The molecule has 6 heteroatoms. The topological polar surface area (TPSA) is 77.2 Å². The highest BCUT2D eigenvalue weighted by atomic mass is 16.5. The minimum Gasteiger partial charge on any atom is -0.463 e. The Morgan fingerprint density at radius 1 is 1.22 bits per heavy atom. The molecular formula is C21H35N3O3. The van der Waals surface area contributed by atoms with Gasteiger partial charge in [-0.25, -0.2) is 0 Å². The Morgan fingerprint density at radius 2 is 2.00 bits per heavy atom. The van der Waals surface area contributed by atoms with Gasteiger partial charge in [-0.3, -0.25) is 4.79 Å². The molecule has 0 saturated heterocycles. The van der Waals surface area contributed by atoms with Crippen molar-refractivity contribution in [3.63, 3.8) is 0 Å². The molecular weight excluding hydrogens is 342 g/mol. The van der Waals surface area contributed by atoms with Crippen LogP contribution in [-0.4, -0.2) is 28.3 Å². The van der Waals surface area contributed by atoms with E-state index in [0.29, 0.717) is 30.7 Å². The average molecular weight is 378 g/mol. The van der Waals surface area contributed by atoms with E-state index in [9.17, 15) is 4.79 Å². The molecule has 2 saturated carbocycles. The summed E-state index contributed by atoms with van der Waals surface area (Å²) >= 11 is 0. The van der Waals surface area contributed by atoms with Crippen molar-refractivity contribution in [2.45, 2.75) is 109 Å². The third-order valence-corrected chi connectivity index (χ3v) is 5.63. The third-order valence-electron chi connectivity index (χ3n) is 5.63. The maximum atomic E-state index is 12.2. The second-order valence-electron chi connectivity index (χ2n) is 8.58. The summed E-state index contributed by atoms with van der Waals surface area (Å²) in [4.78, 5) is 16.8. The molecule has 2 aliphatic rings. The molecule has 1 N–H and O–H groups in total. The van der Waals surface area contributed by atoms with Crippen LogP contribution in [-0.2, 0) is 16.1 Å². The van der Waals surface area contributed by atoms with Crippen LogP contribution in [0.1, 0.15) is 102 Å². The first-order chi connectivity index (χ1) is 13.1. The Labute approximate surface area is 162 Å². The molecule has 1 unspecified atom stereocenters. The van der Waals surface area contributed by atoms with Crippen molar-refractivity contribution in [3.05, 3.63) is 11.7 Å². The molecule has 1 aromatic heterocycles. The van der Waals surface area contributed by atoms with Crippen molar-refractivity contribution in [1.82, 2.24) is 15.5 Å². The number of nitrogens with zero attached hydrogens (tertiary/aromatic N) is 2. The lowest BCUT2D eigenvalue weighted by molar-refractivity contribution is -0.148. The van der Waals surface area contributed by atoms with E-state index in [0.717, 1.165) is 18.8 Å². The third kappa shape index (κ3) is 7.24. The molecule has 27 heavy (non-hydrogen) atoms. The van der Waals surface area contributed by atoms with Gasteiger partial charge in [-0.2, -0.15) is 4.98 Å². The Bertz CT molecular complexity index is 577. The highest BCUT2D eigenvalue weighted by molar-refractivity contribution is 5.70. The van der Waals surface area contributed by atoms with Crippen molar-refractivity contribution in [2.75, 3.05) is 0 Å². The fourth-order valence-electron chi connectivity index (χ4n) is 3.98. The Hall–Kier alpha value is -1.43. The molecule has 2 fully saturated rings.